The van der Waals surface area contributed by atoms with Crippen molar-refractivity contribution in [1.82, 2.24) is 5.32 Å². The SMILES string of the molecule is CCCCNC(=O)c1ccccc1NC(=O)[C@@H](CC)Oc1ccc(CC)cc1. The van der Waals surface area contributed by atoms with Crippen molar-refractivity contribution in [3.63, 3.8) is 0 Å². The maximum absolute atomic E-state index is 12.7. The molecule has 0 aliphatic carbocycles. The number of anilines is 1. The number of hydrogen-bond acceptors (Lipinski definition) is 3. The van der Waals surface area contributed by atoms with E-state index in [2.05, 4.69) is 24.5 Å². The summed E-state index contributed by atoms with van der Waals surface area (Å²) in [6, 6.07) is 14.8. The number of hydrogen-bond donors (Lipinski definition) is 2. The number of para-hydroxylation sites is 1. The molecule has 5 nitrogen and oxygen atoms in total. The van der Waals surface area contributed by atoms with Gasteiger partial charge in [0.05, 0.1) is 11.3 Å². The number of benzene rings is 2. The minimum Gasteiger partial charge on any atom is -0.481 e. The fraction of sp³-hybridized carbons (Fsp3) is 0.391. The van der Waals surface area contributed by atoms with Crippen LogP contribution in [0.25, 0.3) is 0 Å². The molecule has 0 heterocycles. The molecule has 0 bridgehead atoms. The Bertz CT molecular complexity index is 772. The second kappa shape index (κ2) is 11.1. The first-order valence-corrected chi connectivity index (χ1v) is 10.0. The third-order valence-electron chi connectivity index (χ3n) is 4.52. The first-order valence-electron chi connectivity index (χ1n) is 10.0. The highest BCUT2D eigenvalue weighted by molar-refractivity contribution is 6.04. The lowest BCUT2D eigenvalue weighted by molar-refractivity contribution is -0.122. The van der Waals surface area contributed by atoms with Crippen molar-refractivity contribution in [1.29, 1.82) is 0 Å². The Kier molecular flexibility index (Phi) is 8.53. The Morgan fingerprint density at radius 1 is 1.00 bits per heavy atom. The van der Waals surface area contributed by atoms with Gasteiger partial charge in [-0.1, -0.05) is 51.5 Å². The van der Waals surface area contributed by atoms with Gasteiger partial charge in [0.25, 0.3) is 11.8 Å². The molecule has 0 saturated heterocycles. The zero-order chi connectivity index (χ0) is 20.4. The Morgan fingerprint density at radius 3 is 2.36 bits per heavy atom. The van der Waals surface area contributed by atoms with E-state index in [9.17, 15) is 9.59 Å². The van der Waals surface area contributed by atoms with Crippen molar-refractivity contribution in [2.45, 2.75) is 52.6 Å². The number of ether oxygens (including phenoxy) is 1. The number of unbranched alkanes of at least 4 members (excludes halogenated alkanes) is 1. The highest BCUT2D eigenvalue weighted by Gasteiger charge is 2.21. The van der Waals surface area contributed by atoms with Crippen LogP contribution < -0.4 is 15.4 Å². The second-order valence-corrected chi connectivity index (χ2v) is 6.66. The summed E-state index contributed by atoms with van der Waals surface area (Å²) in [6.45, 7) is 6.68. The van der Waals surface area contributed by atoms with Gasteiger partial charge in [0.1, 0.15) is 5.75 Å². The molecule has 0 aliphatic heterocycles. The number of amides is 2. The lowest BCUT2D eigenvalue weighted by atomic mass is 10.1. The quantitative estimate of drug-likeness (QED) is 0.591. The van der Waals surface area contributed by atoms with Crippen molar-refractivity contribution >= 4 is 17.5 Å². The van der Waals surface area contributed by atoms with Gasteiger partial charge < -0.3 is 15.4 Å². The van der Waals surface area contributed by atoms with E-state index in [0.717, 1.165) is 19.3 Å². The molecule has 0 unspecified atom stereocenters. The molecule has 2 aromatic rings. The summed E-state index contributed by atoms with van der Waals surface area (Å²) < 4.78 is 5.86. The number of rotatable bonds is 10. The fourth-order valence-corrected chi connectivity index (χ4v) is 2.77. The van der Waals surface area contributed by atoms with Gasteiger partial charge in [0, 0.05) is 6.54 Å². The molecule has 2 N–H and O–H groups in total. The molecule has 0 radical (unpaired) electrons. The molecule has 5 heteroatoms. The van der Waals surface area contributed by atoms with Crippen molar-refractivity contribution in [3.05, 3.63) is 59.7 Å². The zero-order valence-corrected chi connectivity index (χ0v) is 17.0. The van der Waals surface area contributed by atoms with E-state index in [1.54, 1.807) is 24.3 Å². The Balaban J connectivity index is 2.06. The van der Waals surface area contributed by atoms with Crippen molar-refractivity contribution in [3.8, 4) is 5.75 Å². The Morgan fingerprint density at radius 2 is 1.71 bits per heavy atom. The summed E-state index contributed by atoms with van der Waals surface area (Å²) in [7, 11) is 0. The largest absolute Gasteiger partial charge is 0.481 e. The van der Waals surface area contributed by atoms with Gasteiger partial charge in [0.2, 0.25) is 0 Å². The standard InChI is InChI=1S/C23H30N2O3/c1-4-7-16-24-22(26)19-10-8-9-11-20(19)25-23(27)21(6-3)28-18-14-12-17(5-2)13-15-18/h8-15,21H,4-7,16H2,1-3H3,(H,24,26)(H,25,27)/t21-/m1/s1. The predicted molar refractivity (Wildman–Crippen MR) is 113 cm³/mol. The second-order valence-electron chi connectivity index (χ2n) is 6.66. The van der Waals surface area contributed by atoms with E-state index >= 15 is 0 Å². The molecule has 0 spiro atoms. The number of carbonyl (C=O) groups excluding carboxylic acids is 2. The summed E-state index contributed by atoms with van der Waals surface area (Å²) in [5, 5.41) is 5.74. The molecular formula is C23H30N2O3. The van der Waals surface area contributed by atoms with E-state index in [-0.39, 0.29) is 11.8 Å². The molecular weight excluding hydrogens is 352 g/mol. The molecule has 150 valence electrons. The summed E-state index contributed by atoms with van der Waals surface area (Å²) in [4.78, 5) is 25.2. The Hall–Kier alpha value is -2.82. The third kappa shape index (κ3) is 6.12. The maximum atomic E-state index is 12.7. The number of nitrogens with one attached hydrogen (secondary N) is 2. The summed E-state index contributed by atoms with van der Waals surface area (Å²) in [5.74, 6) is 0.203. The average Bonchev–Trinajstić information content (AvgIpc) is 2.72. The monoisotopic (exact) mass is 382 g/mol. The van der Waals surface area contributed by atoms with Crippen LogP contribution in [0.15, 0.2) is 48.5 Å². The molecule has 2 amide bonds. The van der Waals surface area contributed by atoms with Crippen LogP contribution >= 0.6 is 0 Å². The van der Waals surface area contributed by atoms with Crippen LogP contribution in [0.4, 0.5) is 5.69 Å². The van der Waals surface area contributed by atoms with Crippen LogP contribution in [0.3, 0.4) is 0 Å². The summed E-state index contributed by atoms with van der Waals surface area (Å²) >= 11 is 0. The van der Waals surface area contributed by atoms with Crippen LogP contribution in [-0.4, -0.2) is 24.5 Å². The average molecular weight is 383 g/mol. The van der Waals surface area contributed by atoms with E-state index in [1.807, 2.05) is 31.2 Å². The van der Waals surface area contributed by atoms with Gasteiger partial charge in [0.15, 0.2) is 6.10 Å². The topological polar surface area (TPSA) is 67.4 Å². The van der Waals surface area contributed by atoms with Crippen LogP contribution in [-0.2, 0) is 11.2 Å². The van der Waals surface area contributed by atoms with Gasteiger partial charge in [-0.15, -0.1) is 0 Å². The van der Waals surface area contributed by atoms with Crippen LogP contribution in [0, 0.1) is 0 Å². The molecule has 0 aromatic heterocycles. The van der Waals surface area contributed by atoms with Crippen molar-refractivity contribution in [2.24, 2.45) is 0 Å². The van der Waals surface area contributed by atoms with Crippen LogP contribution in [0.5, 0.6) is 5.75 Å². The van der Waals surface area contributed by atoms with Crippen LogP contribution in [0.2, 0.25) is 0 Å². The molecule has 2 aromatic carbocycles. The molecule has 0 saturated carbocycles. The predicted octanol–water partition coefficient (Wildman–Crippen LogP) is 4.58. The lowest BCUT2D eigenvalue weighted by Crippen LogP contribution is -2.33. The van der Waals surface area contributed by atoms with Crippen LogP contribution in [0.1, 0.15) is 56.0 Å². The van der Waals surface area contributed by atoms with Gasteiger partial charge >= 0.3 is 0 Å². The minimum atomic E-state index is -0.635. The van der Waals surface area contributed by atoms with E-state index < -0.39 is 6.10 Å². The number of aryl methyl sites for hydroxylation is 1. The van der Waals surface area contributed by atoms with Gasteiger partial charge in [-0.3, -0.25) is 9.59 Å². The molecule has 0 fully saturated rings. The molecule has 28 heavy (non-hydrogen) atoms. The van der Waals surface area contributed by atoms with Gasteiger partial charge in [-0.2, -0.15) is 0 Å². The fourth-order valence-electron chi connectivity index (χ4n) is 2.77. The Labute approximate surface area is 167 Å². The summed E-state index contributed by atoms with van der Waals surface area (Å²) in [5.41, 5.74) is 2.16. The minimum absolute atomic E-state index is 0.187. The molecule has 2 rings (SSSR count). The van der Waals surface area contributed by atoms with Crippen molar-refractivity contribution < 1.29 is 14.3 Å². The highest BCUT2D eigenvalue weighted by Crippen LogP contribution is 2.19. The first-order chi connectivity index (χ1) is 13.6. The zero-order valence-electron chi connectivity index (χ0n) is 17.0. The first kappa shape index (κ1) is 21.5. The highest BCUT2D eigenvalue weighted by atomic mass is 16.5. The smallest absolute Gasteiger partial charge is 0.265 e. The molecule has 0 aliphatic rings. The van der Waals surface area contributed by atoms with Crippen molar-refractivity contribution in [2.75, 3.05) is 11.9 Å². The maximum Gasteiger partial charge on any atom is 0.265 e. The van der Waals surface area contributed by atoms with Gasteiger partial charge in [-0.25, -0.2) is 0 Å². The van der Waals surface area contributed by atoms with Gasteiger partial charge in [-0.05, 0) is 49.1 Å². The molecule has 1 atom stereocenters. The third-order valence-corrected chi connectivity index (χ3v) is 4.52. The van der Waals surface area contributed by atoms with E-state index in [4.69, 9.17) is 4.74 Å². The summed E-state index contributed by atoms with van der Waals surface area (Å²) in [6.07, 6.45) is 2.76. The lowest BCUT2D eigenvalue weighted by Gasteiger charge is -2.18. The number of carbonyl (C=O) groups is 2. The van der Waals surface area contributed by atoms with E-state index in [1.165, 1.54) is 5.56 Å². The normalized spacial score (nSPS) is 11.5. The van der Waals surface area contributed by atoms with E-state index in [0.29, 0.717) is 30.0 Å².